The Bertz CT molecular complexity index is 361. The fourth-order valence-electron chi connectivity index (χ4n) is 0.867. The number of H-pyrrole nitrogens is 1. The fourth-order valence-corrected chi connectivity index (χ4v) is 0.867. The molecule has 0 aliphatic rings. The molecule has 13 heavy (non-hydrogen) atoms. The van der Waals surface area contributed by atoms with Crippen LogP contribution in [0, 0.1) is 5.82 Å². The first-order valence-electron chi connectivity index (χ1n) is 3.46. The first-order chi connectivity index (χ1) is 6.07. The van der Waals surface area contributed by atoms with Gasteiger partial charge < -0.3 is 10.7 Å². The van der Waals surface area contributed by atoms with E-state index in [1.807, 2.05) is 4.98 Å². The maximum atomic E-state index is 12.8. The molecule has 3 N–H and O–H groups in total. The zero-order valence-electron chi connectivity index (χ0n) is 6.48. The third-order valence-corrected chi connectivity index (χ3v) is 1.57. The van der Waals surface area contributed by atoms with Crippen molar-refractivity contribution < 1.29 is 13.2 Å². The Kier molecular flexibility index (Phi) is 2.72. The molecular weight excluding hydrogens is 185 g/mol. The molecule has 3 nitrogen and oxygen atoms in total. The Morgan fingerprint density at radius 2 is 2.15 bits per heavy atom. The van der Waals surface area contributed by atoms with Crippen molar-refractivity contribution in [2.24, 2.45) is 5.73 Å². The maximum Gasteiger partial charge on any atom is 0.281 e. The quantitative estimate of drug-likeness (QED) is 0.731. The number of alkyl halides is 2. The van der Waals surface area contributed by atoms with Gasteiger partial charge in [0.2, 0.25) is 5.43 Å². The van der Waals surface area contributed by atoms with Crippen LogP contribution in [0.5, 0.6) is 0 Å². The van der Waals surface area contributed by atoms with E-state index in [0.717, 1.165) is 6.20 Å². The summed E-state index contributed by atoms with van der Waals surface area (Å²) in [6.45, 7) is -0.185. The zero-order valence-corrected chi connectivity index (χ0v) is 6.48. The molecular formula is C7H7F3N2O. The Labute approximate surface area is 71.4 Å². The Morgan fingerprint density at radius 1 is 1.54 bits per heavy atom. The second-order valence-corrected chi connectivity index (χ2v) is 2.38. The van der Waals surface area contributed by atoms with Crippen LogP contribution in [0.1, 0.15) is 17.7 Å². The third kappa shape index (κ3) is 1.72. The summed E-state index contributed by atoms with van der Waals surface area (Å²) < 4.78 is 36.8. The van der Waals surface area contributed by atoms with Crippen molar-refractivity contribution in [3.63, 3.8) is 0 Å². The summed E-state index contributed by atoms with van der Waals surface area (Å²) in [5, 5.41) is 0. The average molecular weight is 192 g/mol. The lowest BCUT2D eigenvalue weighted by Gasteiger charge is -2.02. The van der Waals surface area contributed by atoms with Gasteiger partial charge in [-0.15, -0.1) is 0 Å². The highest BCUT2D eigenvalue weighted by molar-refractivity contribution is 5.17. The Balaban J connectivity index is 3.32. The molecule has 0 spiro atoms. The number of nitrogens with one attached hydrogen (secondary N) is 1. The molecule has 1 rings (SSSR count). The molecule has 72 valence electrons. The summed E-state index contributed by atoms with van der Waals surface area (Å²) in [6, 6.07) is 0. The van der Waals surface area contributed by atoms with E-state index < -0.39 is 23.4 Å². The minimum absolute atomic E-state index is 0.0538. The lowest BCUT2D eigenvalue weighted by atomic mass is 10.2. The maximum absolute atomic E-state index is 12.8. The summed E-state index contributed by atoms with van der Waals surface area (Å²) in [5.41, 5.74) is 2.95. The highest BCUT2D eigenvalue weighted by atomic mass is 19.3. The number of nitrogens with two attached hydrogens (primary N) is 1. The van der Waals surface area contributed by atoms with Crippen LogP contribution < -0.4 is 11.2 Å². The van der Waals surface area contributed by atoms with Gasteiger partial charge in [0.05, 0.1) is 0 Å². The molecule has 0 aromatic carbocycles. The smallest absolute Gasteiger partial charge is 0.281 e. The summed E-state index contributed by atoms with van der Waals surface area (Å²) in [7, 11) is 0. The molecule has 0 saturated carbocycles. The van der Waals surface area contributed by atoms with Crippen LogP contribution in [0.3, 0.4) is 0 Å². The number of rotatable bonds is 2. The fraction of sp³-hybridized carbons (Fsp3) is 0.286. The SMILES string of the molecule is NCc1c[nH]c(C(F)F)c(F)c1=O. The predicted molar refractivity (Wildman–Crippen MR) is 39.9 cm³/mol. The van der Waals surface area contributed by atoms with Crippen molar-refractivity contribution in [3.8, 4) is 0 Å². The molecule has 0 saturated heterocycles. The van der Waals surface area contributed by atoms with Crippen LogP contribution >= 0.6 is 0 Å². The molecule has 0 fully saturated rings. The molecule has 0 aliphatic heterocycles. The molecule has 6 heteroatoms. The highest BCUT2D eigenvalue weighted by Crippen LogP contribution is 2.17. The summed E-state index contributed by atoms with van der Waals surface area (Å²) >= 11 is 0. The molecule has 1 aromatic heterocycles. The van der Waals surface area contributed by atoms with Gasteiger partial charge in [0.25, 0.3) is 6.43 Å². The number of hydrogen-bond acceptors (Lipinski definition) is 2. The van der Waals surface area contributed by atoms with Crippen molar-refractivity contribution >= 4 is 0 Å². The first-order valence-corrected chi connectivity index (χ1v) is 3.46. The Morgan fingerprint density at radius 3 is 2.62 bits per heavy atom. The first kappa shape index (κ1) is 9.79. The van der Waals surface area contributed by atoms with Crippen LogP contribution in [0.2, 0.25) is 0 Å². The molecule has 1 aromatic rings. The van der Waals surface area contributed by atoms with E-state index in [2.05, 4.69) is 0 Å². The van der Waals surface area contributed by atoms with Gasteiger partial charge in [-0.2, -0.15) is 0 Å². The van der Waals surface area contributed by atoms with Crippen LogP contribution in [0.4, 0.5) is 13.2 Å². The number of aromatic amines is 1. The third-order valence-electron chi connectivity index (χ3n) is 1.57. The summed E-state index contributed by atoms with van der Waals surface area (Å²) in [5.74, 6) is -1.46. The van der Waals surface area contributed by atoms with Gasteiger partial charge in [0, 0.05) is 18.3 Å². The van der Waals surface area contributed by atoms with Crippen molar-refractivity contribution in [2.75, 3.05) is 0 Å². The van der Waals surface area contributed by atoms with Gasteiger partial charge in [-0.3, -0.25) is 4.79 Å². The van der Waals surface area contributed by atoms with Gasteiger partial charge in [0.1, 0.15) is 5.69 Å². The predicted octanol–water partition coefficient (Wildman–Crippen LogP) is 0.910. The minimum atomic E-state index is -3.03. The van der Waals surface area contributed by atoms with Gasteiger partial charge in [-0.25, -0.2) is 13.2 Å². The van der Waals surface area contributed by atoms with Gasteiger partial charge >= 0.3 is 0 Å². The highest BCUT2D eigenvalue weighted by Gasteiger charge is 2.17. The van der Waals surface area contributed by atoms with Crippen LogP contribution in [-0.2, 0) is 6.54 Å². The minimum Gasteiger partial charge on any atom is -0.357 e. The summed E-state index contributed by atoms with van der Waals surface area (Å²) in [6.07, 6.45) is -2.04. The van der Waals surface area contributed by atoms with E-state index in [-0.39, 0.29) is 12.1 Å². The van der Waals surface area contributed by atoms with Crippen LogP contribution in [-0.4, -0.2) is 4.98 Å². The monoisotopic (exact) mass is 192 g/mol. The van der Waals surface area contributed by atoms with Crippen LogP contribution in [0.15, 0.2) is 11.0 Å². The van der Waals surface area contributed by atoms with Gasteiger partial charge in [-0.1, -0.05) is 0 Å². The van der Waals surface area contributed by atoms with Crippen molar-refractivity contribution in [1.29, 1.82) is 0 Å². The normalized spacial score (nSPS) is 10.8. The molecule has 0 bridgehead atoms. The molecule has 0 amide bonds. The number of halogens is 3. The van der Waals surface area contributed by atoms with E-state index >= 15 is 0 Å². The van der Waals surface area contributed by atoms with E-state index in [1.165, 1.54) is 0 Å². The molecule has 0 aliphatic carbocycles. The zero-order chi connectivity index (χ0) is 10.0. The van der Waals surface area contributed by atoms with Gasteiger partial charge in [-0.05, 0) is 0 Å². The van der Waals surface area contributed by atoms with Crippen molar-refractivity contribution in [3.05, 3.63) is 33.5 Å². The van der Waals surface area contributed by atoms with E-state index in [4.69, 9.17) is 5.73 Å². The Hall–Kier alpha value is -1.30. The number of aromatic nitrogens is 1. The van der Waals surface area contributed by atoms with E-state index in [9.17, 15) is 18.0 Å². The van der Waals surface area contributed by atoms with Crippen molar-refractivity contribution in [1.82, 2.24) is 4.98 Å². The molecule has 1 heterocycles. The number of hydrogen-bond donors (Lipinski definition) is 2. The topological polar surface area (TPSA) is 58.9 Å². The van der Waals surface area contributed by atoms with Crippen LogP contribution in [0.25, 0.3) is 0 Å². The standard InChI is InChI=1S/C7H7F3N2O/c8-4-5(7(9)10)12-2-3(1-11)6(4)13/h2,7H,1,11H2,(H,12,13). The number of pyridine rings is 1. The van der Waals surface area contributed by atoms with E-state index in [0.29, 0.717) is 0 Å². The average Bonchev–Trinajstić information content (AvgIpc) is 2.09. The molecule has 0 unspecified atom stereocenters. The summed E-state index contributed by atoms with van der Waals surface area (Å²) in [4.78, 5) is 12.9. The second kappa shape index (κ2) is 3.61. The van der Waals surface area contributed by atoms with Crippen molar-refractivity contribution in [2.45, 2.75) is 13.0 Å². The lowest BCUT2D eigenvalue weighted by molar-refractivity contribution is 0.140. The molecule has 0 radical (unpaired) electrons. The van der Waals surface area contributed by atoms with Gasteiger partial charge in [0.15, 0.2) is 5.82 Å². The lowest BCUT2D eigenvalue weighted by Crippen LogP contribution is -2.19. The molecule has 0 atom stereocenters. The second-order valence-electron chi connectivity index (χ2n) is 2.38. The van der Waals surface area contributed by atoms with E-state index in [1.54, 1.807) is 0 Å². The largest absolute Gasteiger partial charge is 0.357 e.